The summed E-state index contributed by atoms with van der Waals surface area (Å²) in [6.07, 6.45) is 6.70. The highest BCUT2D eigenvalue weighted by Crippen LogP contribution is 2.72. The first-order chi connectivity index (χ1) is 16.8. The van der Waals surface area contributed by atoms with Gasteiger partial charge in [-0.3, -0.25) is 9.35 Å². The van der Waals surface area contributed by atoms with Gasteiger partial charge in [0, 0.05) is 25.3 Å². The Kier molecular flexibility index (Phi) is 6.62. The highest BCUT2D eigenvalue weighted by molar-refractivity contribution is 7.85. The summed E-state index contributed by atoms with van der Waals surface area (Å²) in [5.74, 6) is 1.25. The quantitative estimate of drug-likeness (QED) is 0.375. The number of nitrogens with one attached hydrogen (secondary N) is 1. The molecule has 4 fully saturated rings. The molecule has 10 atom stereocenters. The number of carbonyl (C=O) groups is 1. The lowest BCUT2D eigenvalue weighted by atomic mass is 9.42. The normalized spacial score (nSPS) is 45.4. The number of amides is 1. The average Bonchev–Trinajstić information content (AvgIpc) is 3.46. The largest absolute Gasteiger partial charge is 0.393 e. The number of fused-ring (bicyclic) bond motifs is 6. The topological polar surface area (TPSA) is 149 Å². The van der Waals surface area contributed by atoms with E-state index in [1.165, 1.54) is 0 Å². The molecule has 4 aliphatic carbocycles. The van der Waals surface area contributed by atoms with E-state index < -0.39 is 22.0 Å². The van der Waals surface area contributed by atoms with Gasteiger partial charge < -0.3 is 15.5 Å². The second-order valence-electron chi connectivity index (χ2n) is 13.1. The van der Waals surface area contributed by atoms with Crippen LogP contribution >= 0.6 is 0 Å². The maximum Gasteiger partial charge on any atom is 0.266 e. The van der Waals surface area contributed by atoms with Gasteiger partial charge in [-0.05, 0) is 85.4 Å². The third-order valence-corrected chi connectivity index (χ3v) is 12.2. The van der Waals surface area contributed by atoms with E-state index in [1.54, 1.807) is 0 Å². The van der Waals surface area contributed by atoms with Crippen molar-refractivity contribution in [1.29, 1.82) is 0 Å². The Morgan fingerprint density at radius 2 is 1.83 bits per heavy atom. The Morgan fingerprint density at radius 1 is 1.11 bits per heavy atom. The van der Waals surface area contributed by atoms with Crippen LogP contribution in [0.2, 0.25) is 0 Å². The molecular formula is C26H43N3O6S. The Morgan fingerprint density at radius 3 is 2.50 bits per heavy atom. The molecule has 0 radical (unpaired) electrons. The van der Waals surface area contributed by atoms with Gasteiger partial charge in [0.2, 0.25) is 5.91 Å². The first-order valence-corrected chi connectivity index (χ1v) is 15.4. The van der Waals surface area contributed by atoms with Crippen LogP contribution in [0.15, 0.2) is 10.2 Å². The zero-order valence-corrected chi connectivity index (χ0v) is 22.6. The molecule has 10 unspecified atom stereocenters. The minimum absolute atomic E-state index is 0.0943. The molecule has 4 saturated carbocycles. The predicted molar refractivity (Wildman–Crippen MR) is 133 cm³/mol. The van der Waals surface area contributed by atoms with E-state index in [-0.39, 0.29) is 41.0 Å². The smallest absolute Gasteiger partial charge is 0.266 e. The highest BCUT2D eigenvalue weighted by atomic mass is 32.2. The molecule has 36 heavy (non-hydrogen) atoms. The van der Waals surface area contributed by atoms with Crippen molar-refractivity contribution in [2.24, 2.45) is 56.6 Å². The molecule has 1 aliphatic heterocycles. The van der Waals surface area contributed by atoms with Crippen LogP contribution in [0.4, 0.5) is 0 Å². The van der Waals surface area contributed by atoms with Gasteiger partial charge in [0.15, 0.2) is 5.66 Å². The first-order valence-electron chi connectivity index (χ1n) is 13.8. The van der Waals surface area contributed by atoms with Gasteiger partial charge in [0.25, 0.3) is 10.1 Å². The molecule has 1 heterocycles. The van der Waals surface area contributed by atoms with Gasteiger partial charge in [-0.1, -0.05) is 20.8 Å². The van der Waals surface area contributed by atoms with Crippen molar-refractivity contribution in [3.8, 4) is 0 Å². The lowest BCUT2D eigenvalue weighted by Crippen LogP contribution is -2.63. The molecule has 9 nitrogen and oxygen atoms in total. The maximum absolute atomic E-state index is 12.3. The lowest BCUT2D eigenvalue weighted by Gasteiger charge is -2.63. The Balaban J connectivity index is 1.29. The van der Waals surface area contributed by atoms with Gasteiger partial charge in [-0.2, -0.15) is 18.6 Å². The molecule has 204 valence electrons. The molecule has 1 amide bonds. The standard InChI is InChI=1S/C26H43N3O6S/c1-15(4-7-22(32)27-10-11-36(33,34)35)18-5-6-19-23-20(13-21(31)25(18,19)3)24(2)9-8-17(30)12-16(24)14-26(23)28-29-26/h15-21,23,30-31H,4-14H2,1-3H3,(H,27,32)(H,33,34,35). The molecule has 0 aromatic heterocycles. The predicted octanol–water partition coefficient (Wildman–Crippen LogP) is 3.17. The second kappa shape index (κ2) is 8.99. The maximum atomic E-state index is 12.3. The number of hydrogen-bond donors (Lipinski definition) is 4. The lowest BCUT2D eigenvalue weighted by molar-refractivity contribution is -0.187. The Hall–Kier alpha value is -1.10. The van der Waals surface area contributed by atoms with Crippen molar-refractivity contribution < 1.29 is 28.0 Å². The molecule has 5 aliphatic rings. The third kappa shape index (κ3) is 4.33. The molecule has 1 spiro atoms. The van der Waals surface area contributed by atoms with Crippen LogP contribution in [0.1, 0.15) is 78.6 Å². The summed E-state index contributed by atoms with van der Waals surface area (Å²) in [5.41, 5.74) is -0.474. The van der Waals surface area contributed by atoms with Gasteiger partial charge in [-0.15, -0.1) is 0 Å². The summed E-state index contributed by atoms with van der Waals surface area (Å²) in [4.78, 5) is 12.3. The number of nitrogens with zero attached hydrogens (tertiary/aromatic N) is 2. The van der Waals surface area contributed by atoms with Crippen LogP contribution in [-0.2, 0) is 14.9 Å². The minimum atomic E-state index is -4.09. The van der Waals surface area contributed by atoms with E-state index in [0.29, 0.717) is 42.4 Å². The van der Waals surface area contributed by atoms with E-state index in [4.69, 9.17) is 4.55 Å². The third-order valence-electron chi connectivity index (χ3n) is 11.4. The van der Waals surface area contributed by atoms with Gasteiger partial charge in [-0.25, -0.2) is 0 Å². The molecule has 0 saturated heterocycles. The van der Waals surface area contributed by atoms with E-state index in [1.807, 2.05) is 0 Å². The number of rotatable bonds is 7. The van der Waals surface area contributed by atoms with Crippen molar-refractivity contribution in [2.75, 3.05) is 12.3 Å². The van der Waals surface area contributed by atoms with E-state index in [0.717, 1.165) is 44.9 Å². The summed E-state index contributed by atoms with van der Waals surface area (Å²) in [6.45, 7) is 6.73. The molecule has 0 aromatic rings. The van der Waals surface area contributed by atoms with Crippen LogP contribution in [0.25, 0.3) is 0 Å². The average molecular weight is 526 g/mol. The zero-order chi connectivity index (χ0) is 26.1. The molecule has 10 heteroatoms. The molecular weight excluding hydrogens is 482 g/mol. The molecule has 5 rings (SSSR count). The van der Waals surface area contributed by atoms with Crippen molar-refractivity contribution in [2.45, 2.75) is 96.4 Å². The number of aliphatic hydroxyl groups excluding tert-OH is 2. The van der Waals surface area contributed by atoms with Crippen molar-refractivity contribution in [3.05, 3.63) is 0 Å². The first kappa shape index (κ1) is 26.5. The fraction of sp³-hybridized carbons (Fsp3) is 0.962. The van der Waals surface area contributed by atoms with E-state index in [2.05, 4.69) is 36.3 Å². The number of aliphatic hydroxyl groups is 2. The summed E-state index contributed by atoms with van der Waals surface area (Å²) >= 11 is 0. The van der Waals surface area contributed by atoms with Gasteiger partial charge in [0.05, 0.1) is 18.0 Å². The zero-order valence-electron chi connectivity index (χ0n) is 21.8. The van der Waals surface area contributed by atoms with Crippen LogP contribution < -0.4 is 5.32 Å². The molecule has 0 bridgehead atoms. The molecule has 0 aromatic carbocycles. The number of hydrogen-bond acceptors (Lipinski definition) is 7. The van der Waals surface area contributed by atoms with Crippen LogP contribution in [-0.4, -0.2) is 59.3 Å². The van der Waals surface area contributed by atoms with Crippen LogP contribution in [0.5, 0.6) is 0 Å². The van der Waals surface area contributed by atoms with Crippen molar-refractivity contribution in [1.82, 2.24) is 5.32 Å². The summed E-state index contributed by atoms with van der Waals surface area (Å²) < 4.78 is 30.6. The van der Waals surface area contributed by atoms with Crippen LogP contribution in [0, 0.1) is 46.3 Å². The summed E-state index contributed by atoms with van der Waals surface area (Å²) in [6, 6.07) is 0. The van der Waals surface area contributed by atoms with E-state index in [9.17, 15) is 23.4 Å². The Bertz CT molecular complexity index is 1010. The molecule has 4 N–H and O–H groups in total. The van der Waals surface area contributed by atoms with E-state index >= 15 is 0 Å². The van der Waals surface area contributed by atoms with Gasteiger partial charge >= 0.3 is 0 Å². The van der Waals surface area contributed by atoms with Crippen molar-refractivity contribution in [3.63, 3.8) is 0 Å². The Labute approximate surface area is 214 Å². The van der Waals surface area contributed by atoms with Gasteiger partial charge in [0.1, 0.15) is 0 Å². The second-order valence-corrected chi connectivity index (χ2v) is 14.7. The van der Waals surface area contributed by atoms with Crippen LogP contribution in [0.3, 0.4) is 0 Å². The summed E-state index contributed by atoms with van der Waals surface area (Å²) in [7, 11) is -4.09. The fourth-order valence-electron chi connectivity index (χ4n) is 9.41. The number of carbonyl (C=O) groups excluding carboxylic acids is 1. The fourth-order valence-corrected chi connectivity index (χ4v) is 9.77. The highest BCUT2D eigenvalue weighted by Gasteiger charge is 2.72. The van der Waals surface area contributed by atoms with Crippen molar-refractivity contribution >= 4 is 16.0 Å². The SMILES string of the molecule is CC(CCC(=O)NCCS(=O)(=O)O)C1CCC2C3C(CC(O)C12C)C1(C)CCC(O)CC1CC31N=N1. The summed E-state index contributed by atoms with van der Waals surface area (Å²) in [5, 5.41) is 34.0. The monoisotopic (exact) mass is 525 g/mol. The minimum Gasteiger partial charge on any atom is -0.393 e.